The first-order valence-electron chi connectivity index (χ1n) is 7.13. The first-order valence-corrected chi connectivity index (χ1v) is 7.13. The van der Waals surface area contributed by atoms with Crippen LogP contribution in [0.4, 0.5) is 15.8 Å². The van der Waals surface area contributed by atoms with Crippen LogP contribution in [-0.2, 0) is 4.79 Å². The van der Waals surface area contributed by atoms with E-state index in [0.717, 1.165) is 0 Å². The number of nitrogens with one attached hydrogen (secondary N) is 1. The van der Waals surface area contributed by atoms with Crippen LogP contribution in [0.1, 0.15) is 34.6 Å². The summed E-state index contributed by atoms with van der Waals surface area (Å²) in [6, 6.07) is 4.20. The van der Waals surface area contributed by atoms with Crippen LogP contribution in [0.15, 0.2) is 18.2 Å². The molecule has 4 nitrogen and oxygen atoms in total. The zero-order valence-corrected chi connectivity index (χ0v) is 13.7. The standard InChI is InChI=1S/C16H26FN3O/c1-10(2)20(6)13-8-7-11(9-12(13)17)19-15(21)14(18)16(3,4)5/h7-10,14H,18H2,1-6H3,(H,19,21)/t14-/m0/s1. The van der Waals surface area contributed by atoms with Gasteiger partial charge in [0.05, 0.1) is 11.7 Å². The van der Waals surface area contributed by atoms with Crippen molar-refractivity contribution in [1.82, 2.24) is 0 Å². The van der Waals surface area contributed by atoms with Gasteiger partial charge >= 0.3 is 0 Å². The second-order valence-electron chi connectivity index (χ2n) is 6.70. The molecule has 0 unspecified atom stereocenters. The molecule has 118 valence electrons. The summed E-state index contributed by atoms with van der Waals surface area (Å²) in [4.78, 5) is 13.9. The summed E-state index contributed by atoms with van der Waals surface area (Å²) >= 11 is 0. The van der Waals surface area contributed by atoms with Crippen molar-refractivity contribution in [2.24, 2.45) is 11.1 Å². The number of nitrogens with two attached hydrogens (primary N) is 1. The van der Waals surface area contributed by atoms with Crippen molar-refractivity contribution in [2.75, 3.05) is 17.3 Å². The molecule has 0 aliphatic rings. The second kappa shape index (κ2) is 6.43. The molecular weight excluding hydrogens is 269 g/mol. The molecule has 21 heavy (non-hydrogen) atoms. The lowest BCUT2D eigenvalue weighted by molar-refractivity contribution is -0.119. The smallest absolute Gasteiger partial charge is 0.241 e. The zero-order valence-electron chi connectivity index (χ0n) is 13.7. The van der Waals surface area contributed by atoms with Crippen molar-refractivity contribution in [2.45, 2.75) is 46.7 Å². The molecule has 0 saturated heterocycles. The van der Waals surface area contributed by atoms with E-state index in [9.17, 15) is 9.18 Å². The number of nitrogens with zero attached hydrogens (tertiary/aromatic N) is 1. The Balaban J connectivity index is 2.88. The Hall–Kier alpha value is -1.62. The summed E-state index contributed by atoms with van der Waals surface area (Å²) in [5.41, 5.74) is 6.45. The first kappa shape index (κ1) is 17.4. The minimum atomic E-state index is -0.654. The Morgan fingerprint density at radius 1 is 1.33 bits per heavy atom. The van der Waals surface area contributed by atoms with E-state index in [1.165, 1.54) is 6.07 Å². The maximum Gasteiger partial charge on any atom is 0.241 e. The number of hydrogen-bond donors (Lipinski definition) is 2. The van der Waals surface area contributed by atoms with Gasteiger partial charge in [0.2, 0.25) is 5.91 Å². The fraction of sp³-hybridized carbons (Fsp3) is 0.562. The van der Waals surface area contributed by atoms with Crippen molar-refractivity contribution < 1.29 is 9.18 Å². The first-order chi connectivity index (χ1) is 9.54. The fourth-order valence-electron chi connectivity index (χ4n) is 1.76. The average Bonchev–Trinajstić information content (AvgIpc) is 2.35. The summed E-state index contributed by atoms with van der Waals surface area (Å²) in [6.07, 6.45) is 0. The highest BCUT2D eigenvalue weighted by molar-refractivity contribution is 5.95. The topological polar surface area (TPSA) is 58.4 Å². The molecule has 1 rings (SSSR count). The van der Waals surface area contributed by atoms with Gasteiger partial charge in [0, 0.05) is 18.8 Å². The third-order valence-electron chi connectivity index (χ3n) is 3.59. The van der Waals surface area contributed by atoms with E-state index < -0.39 is 6.04 Å². The lowest BCUT2D eigenvalue weighted by Crippen LogP contribution is -2.45. The van der Waals surface area contributed by atoms with E-state index in [1.807, 2.05) is 46.6 Å². The lowest BCUT2D eigenvalue weighted by atomic mass is 9.87. The van der Waals surface area contributed by atoms with Crippen LogP contribution >= 0.6 is 0 Å². The molecule has 0 saturated carbocycles. The van der Waals surface area contributed by atoms with Crippen LogP contribution < -0.4 is 16.0 Å². The minimum absolute atomic E-state index is 0.189. The summed E-state index contributed by atoms with van der Waals surface area (Å²) in [5, 5.41) is 2.66. The van der Waals surface area contributed by atoms with Gasteiger partial charge in [0.15, 0.2) is 0 Å². The number of benzene rings is 1. The van der Waals surface area contributed by atoms with Gasteiger partial charge in [0.25, 0.3) is 0 Å². The van der Waals surface area contributed by atoms with Gasteiger partial charge in [-0.25, -0.2) is 4.39 Å². The molecule has 1 amide bonds. The van der Waals surface area contributed by atoms with Gasteiger partial charge in [-0.2, -0.15) is 0 Å². The quantitative estimate of drug-likeness (QED) is 0.898. The molecule has 0 heterocycles. The Bertz CT molecular complexity index is 509. The summed E-state index contributed by atoms with van der Waals surface area (Å²) in [5.74, 6) is -0.680. The fourth-order valence-corrected chi connectivity index (χ4v) is 1.76. The normalized spacial score (nSPS) is 13.2. The monoisotopic (exact) mass is 295 g/mol. The highest BCUT2D eigenvalue weighted by Crippen LogP contribution is 2.24. The molecule has 5 heteroatoms. The van der Waals surface area contributed by atoms with Crippen LogP contribution in [0.3, 0.4) is 0 Å². The Kier molecular flexibility index (Phi) is 5.34. The molecule has 0 aliphatic carbocycles. The molecule has 1 atom stereocenters. The van der Waals surface area contributed by atoms with E-state index in [0.29, 0.717) is 11.4 Å². The van der Waals surface area contributed by atoms with Crippen LogP contribution in [-0.4, -0.2) is 25.0 Å². The van der Waals surface area contributed by atoms with Gasteiger partial charge in [0.1, 0.15) is 5.82 Å². The maximum absolute atomic E-state index is 14.1. The lowest BCUT2D eigenvalue weighted by Gasteiger charge is -2.26. The zero-order chi connectivity index (χ0) is 16.4. The van der Waals surface area contributed by atoms with Crippen molar-refractivity contribution in [1.29, 1.82) is 0 Å². The van der Waals surface area contributed by atoms with Crippen LogP contribution in [0, 0.1) is 11.2 Å². The van der Waals surface area contributed by atoms with Crippen molar-refractivity contribution in [3.63, 3.8) is 0 Å². The molecule has 0 fully saturated rings. The third kappa shape index (κ3) is 4.43. The van der Waals surface area contributed by atoms with Crippen LogP contribution in [0.2, 0.25) is 0 Å². The van der Waals surface area contributed by atoms with E-state index in [1.54, 1.807) is 12.1 Å². The highest BCUT2D eigenvalue weighted by Gasteiger charge is 2.27. The van der Waals surface area contributed by atoms with E-state index in [2.05, 4.69) is 5.32 Å². The predicted octanol–water partition coefficient (Wildman–Crippen LogP) is 2.98. The molecular formula is C16H26FN3O. The van der Waals surface area contributed by atoms with Gasteiger partial charge in [-0.15, -0.1) is 0 Å². The molecule has 0 aliphatic heterocycles. The number of carbonyl (C=O) groups excluding carboxylic acids is 1. The molecule has 0 radical (unpaired) electrons. The van der Waals surface area contributed by atoms with Gasteiger partial charge in [-0.3, -0.25) is 4.79 Å². The maximum atomic E-state index is 14.1. The summed E-state index contributed by atoms with van der Waals surface area (Å²) < 4.78 is 14.1. The number of anilines is 2. The molecule has 0 spiro atoms. The predicted molar refractivity (Wildman–Crippen MR) is 86.0 cm³/mol. The molecule has 1 aromatic rings. The molecule has 1 aromatic carbocycles. The molecule has 0 bridgehead atoms. The van der Waals surface area contributed by atoms with Crippen molar-refractivity contribution >= 4 is 17.3 Å². The van der Waals surface area contributed by atoms with Crippen LogP contribution in [0.25, 0.3) is 0 Å². The number of amides is 1. The van der Waals surface area contributed by atoms with Crippen molar-refractivity contribution in [3.05, 3.63) is 24.0 Å². The second-order valence-corrected chi connectivity index (χ2v) is 6.70. The largest absolute Gasteiger partial charge is 0.370 e. The third-order valence-corrected chi connectivity index (χ3v) is 3.59. The van der Waals surface area contributed by atoms with E-state index >= 15 is 0 Å². The van der Waals surface area contributed by atoms with Gasteiger partial charge in [-0.1, -0.05) is 20.8 Å². The number of hydrogen-bond acceptors (Lipinski definition) is 3. The Labute approximate surface area is 126 Å². The molecule has 0 aromatic heterocycles. The Morgan fingerprint density at radius 3 is 2.33 bits per heavy atom. The highest BCUT2D eigenvalue weighted by atomic mass is 19.1. The molecule has 3 N–H and O–H groups in total. The summed E-state index contributed by atoms with van der Waals surface area (Å²) in [7, 11) is 1.83. The van der Waals surface area contributed by atoms with Crippen molar-refractivity contribution in [3.8, 4) is 0 Å². The summed E-state index contributed by atoms with van der Waals surface area (Å²) in [6.45, 7) is 9.63. The van der Waals surface area contributed by atoms with Gasteiger partial charge in [-0.05, 0) is 37.5 Å². The minimum Gasteiger partial charge on any atom is -0.370 e. The van der Waals surface area contributed by atoms with Crippen LogP contribution in [0.5, 0.6) is 0 Å². The SMILES string of the molecule is CC(C)N(C)c1ccc(NC(=O)[C@H](N)C(C)(C)C)cc1F. The van der Waals surface area contributed by atoms with Gasteiger partial charge < -0.3 is 16.0 Å². The number of rotatable bonds is 4. The van der Waals surface area contributed by atoms with E-state index in [4.69, 9.17) is 5.73 Å². The average molecular weight is 295 g/mol. The Morgan fingerprint density at radius 2 is 1.90 bits per heavy atom. The number of carbonyl (C=O) groups is 1. The van der Waals surface area contributed by atoms with E-state index in [-0.39, 0.29) is 23.2 Å². The number of halogens is 1.